The van der Waals surface area contributed by atoms with Crippen LogP contribution in [-0.2, 0) is 4.74 Å². The van der Waals surface area contributed by atoms with Crippen LogP contribution in [0.2, 0.25) is 0 Å². The SMILES string of the molecule is CNC(COC)c1cccc(C2CCC2)c1. The van der Waals surface area contributed by atoms with Gasteiger partial charge in [-0.05, 0) is 36.9 Å². The summed E-state index contributed by atoms with van der Waals surface area (Å²) in [5, 5.41) is 3.30. The number of hydrogen-bond donors (Lipinski definition) is 1. The zero-order valence-electron chi connectivity index (χ0n) is 10.2. The van der Waals surface area contributed by atoms with Crippen molar-refractivity contribution in [3.63, 3.8) is 0 Å². The van der Waals surface area contributed by atoms with Crippen LogP contribution in [0.15, 0.2) is 24.3 Å². The van der Waals surface area contributed by atoms with Crippen LogP contribution < -0.4 is 5.32 Å². The summed E-state index contributed by atoms with van der Waals surface area (Å²) in [6, 6.07) is 9.26. The van der Waals surface area contributed by atoms with Crippen LogP contribution in [0.25, 0.3) is 0 Å². The largest absolute Gasteiger partial charge is 0.383 e. The molecule has 1 aliphatic rings. The van der Waals surface area contributed by atoms with Crippen LogP contribution in [0.5, 0.6) is 0 Å². The van der Waals surface area contributed by atoms with Gasteiger partial charge in [-0.2, -0.15) is 0 Å². The van der Waals surface area contributed by atoms with Crippen molar-refractivity contribution in [1.82, 2.24) is 5.32 Å². The van der Waals surface area contributed by atoms with Gasteiger partial charge in [0.1, 0.15) is 0 Å². The van der Waals surface area contributed by atoms with E-state index in [1.165, 1.54) is 30.4 Å². The Labute approximate surface area is 98.0 Å². The Morgan fingerprint density at radius 2 is 2.25 bits per heavy atom. The van der Waals surface area contributed by atoms with Gasteiger partial charge in [0, 0.05) is 7.11 Å². The molecule has 0 saturated heterocycles. The number of ether oxygens (including phenoxy) is 1. The molecule has 1 saturated carbocycles. The molecular weight excluding hydrogens is 198 g/mol. The molecule has 0 radical (unpaired) electrons. The molecule has 2 rings (SSSR count). The van der Waals surface area contributed by atoms with Gasteiger partial charge < -0.3 is 10.1 Å². The Balaban J connectivity index is 2.13. The number of likely N-dealkylation sites (N-methyl/N-ethyl adjacent to an activating group) is 1. The Hall–Kier alpha value is -0.860. The van der Waals surface area contributed by atoms with Crippen molar-refractivity contribution in [2.45, 2.75) is 31.2 Å². The molecule has 0 bridgehead atoms. The van der Waals surface area contributed by atoms with Gasteiger partial charge in [0.15, 0.2) is 0 Å². The lowest BCUT2D eigenvalue weighted by molar-refractivity contribution is 0.170. The van der Waals surface area contributed by atoms with Crippen molar-refractivity contribution < 1.29 is 4.74 Å². The molecule has 1 aliphatic carbocycles. The second kappa shape index (κ2) is 5.46. The zero-order valence-corrected chi connectivity index (χ0v) is 10.2. The minimum atomic E-state index is 0.310. The average molecular weight is 219 g/mol. The monoisotopic (exact) mass is 219 g/mol. The molecule has 1 fully saturated rings. The highest BCUT2D eigenvalue weighted by Crippen LogP contribution is 2.36. The maximum atomic E-state index is 5.23. The highest BCUT2D eigenvalue weighted by molar-refractivity contribution is 5.29. The van der Waals surface area contributed by atoms with Gasteiger partial charge in [-0.3, -0.25) is 0 Å². The molecule has 1 aromatic rings. The second-order valence-electron chi connectivity index (χ2n) is 4.59. The molecule has 2 heteroatoms. The van der Waals surface area contributed by atoms with Gasteiger partial charge in [0.25, 0.3) is 0 Å². The molecule has 0 aromatic heterocycles. The van der Waals surface area contributed by atoms with Crippen molar-refractivity contribution in [2.75, 3.05) is 20.8 Å². The molecule has 0 heterocycles. The van der Waals surface area contributed by atoms with E-state index in [-0.39, 0.29) is 0 Å². The fraction of sp³-hybridized carbons (Fsp3) is 0.571. The Kier molecular flexibility index (Phi) is 3.97. The number of benzene rings is 1. The van der Waals surface area contributed by atoms with E-state index in [4.69, 9.17) is 4.74 Å². The van der Waals surface area contributed by atoms with Crippen LogP contribution in [0.4, 0.5) is 0 Å². The first-order valence-electron chi connectivity index (χ1n) is 6.11. The molecule has 88 valence electrons. The Morgan fingerprint density at radius 1 is 1.44 bits per heavy atom. The highest BCUT2D eigenvalue weighted by Gasteiger charge is 2.20. The predicted octanol–water partition coefficient (Wildman–Crippen LogP) is 2.86. The van der Waals surface area contributed by atoms with E-state index in [1.54, 1.807) is 7.11 Å². The van der Waals surface area contributed by atoms with E-state index in [1.807, 2.05) is 7.05 Å². The lowest BCUT2D eigenvalue weighted by Crippen LogP contribution is -2.21. The Morgan fingerprint density at radius 3 is 2.81 bits per heavy atom. The Bertz CT molecular complexity index is 333. The van der Waals surface area contributed by atoms with Crippen molar-refractivity contribution in [3.05, 3.63) is 35.4 Å². The van der Waals surface area contributed by atoms with Gasteiger partial charge in [0.05, 0.1) is 12.6 Å². The van der Waals surface area contributed by atoms with E-state index in [0.29, 0.717) is 6.04 Å². The minimum absolute atomic E-state index is 0.310. The number of nitrogens with one attached hydrogen (secondary N) is 1. The summed E-state index contributed by atoms with van der Waals surface area (Å²) in [5.41, 5.74) is 2.84. The van der Waals surface area contributed by atoms with Gasteiger partial charge in [0.2, 0.25) is 0 Å². The molecule has 1 N–H and O–H groups in total. The fourth-order valence-electron chi connectivity index (χ4n) is 2.28. The first kappa shape index (κ1) is 11.6. The van der Waals surface area contributed by atoms with E-state index in [9.17, 15) is 0 Å². The average Bonchev–Trinajstić information content (AvgIpc) is 2.24. The smallest absolute Gasteiger partial charge is 0.0657 e. The molecule has 0 spiro atoms. The summed E-state index contributed by atoms with van der Waals surface area (Å²) in [6.45, 7) is 0.727. The highest BCUT2D eigenvalue weighted by atomic mass is 16.5. The molecule has 0 aliphatic heterocycles. The standard InChI is InChI=1S/C14H21NO/c1-15-14(10-16-2)13-8-4-7-12(9-13)11-5-3-6-11/h4,7-9,11,14-15H,3,5-6,10H2,1-2H3. The van der Waals surface area contributed by atoms with Crippen molar-refractivity contribution in [3.8, 4) is 0 Å². The van der Waals surface area contributed by atoms with Gasteiger partial charge in [-0.1, -0.05) is 30.7 Å². The third-order valence-corrected chi connectivity index (χ3v) is 3.57. The molecule has 16 heavy (non-hydrogen) atoms. The molecule has 1 aromatic carbocycles. The summed E-state index contributed by atoms with van der Waals surface area (Å²) in [6.07, 6.45) is 4.11. The number of hydrogen-bond acceptors (Lipinski definition) is 2. The maximum Gasteiger partial charge on any atom is 0.0657 e. The van der Waals surface area contributed by atoms with Crippen molar-refractivity contribution in [1.29, 1.82) is 0 Å². The fourth-order valence-corrected chi connectivity index (χ4v) is 2.28. The van der Waals surface area contributed by atoms with Crippen LogP contribution in [0.3, 0.4) is 0 Å². The molecule has 0 amide bonds. The van der Waals surface area contributed by atoms with E-state index >= 15 is 0 Å². The van der Waals surface area contributed by atoms with Crippen LogP contribution >= 0.6 is 0 Å². The summed E-state index contributed by atoms with van der Waals surface area (Å²) >= 11 is 0. The molecule has 1 atom stereocenters. The quantitative estimate of drug-likeness (QED) is 0.822. The number of rotatable bonds is 5. The zero-order chi connectivity index (χ0) is 11.4. The van der Waals surface area contributed by atoms with Crippen molar-refractivity contribution in [2.24, 2.45) is 0 Å². The normalized spacial score (nSPS) is 18.1. The van der Waals surface area contributed by atoms with E-state index in [0.717, 1.165) is 12.5 Å². The minimum Gasteiger partial charge on any atom is -0.383 e. The number of methoxy groups -OCH3 is 1. The lowest BCUT2D eigenvalue weighted by atomic mass is 9.79. The van der Waals surface area contributed by atoms with E-state index in [2.05, 4.69) is 29.6 Å². The van der Waals surface area contributed by atoms with Crippen LogP contribution in [-0.4, -0.2) is 20.8 Å². The summed E-state index contributed by atoms with van der Waals surface area (Å²) in [4.78, 5) is 0. The second-order valence-corrected chi connectivity index (χ2v) is 4.59. The third-order valence-electron chi connectivity index (χ3n) is 3.57. The molecule has 1 unspecified atom stereocenters. The van der Waals surface area contributed by atoms with Gasteiger partial charge in [-0.15, -0.1) is 0 Å². The third kappa shape index (κ3) is 2.45. The summed E-state index contributed by atoms with van der Waals surface area (Å²) in [5.74, 6) is 0.806. The summed E-state index contributed by atoms with van der Waals surface area (Å²) in [7, 11) is 3.74. The first-order chi connectivity index (χ1) is 7.85. The van der Waals surface area contributed by atoms with Crippen molar-refractivity contribution >= 4 is 0 Å². The summed E-state index contributed by atoms with van der Waals surface area (Å²) < 4.78 is 5.23. The maximum absolute atomic E-state index is 5.23. The van der Waals surface area contributed by atoms with Crippen LogP contribution in [0.1, 0.15) is 42.3 Å². The predicted molar refractivity (Wildman–Crippen MR) is 66.7 cm³/mol. The van der Waals surface area contributed by atoms with Gasteiger partial charge in [-0.25, -0.2) is 0 Å². The lowest BCUT2D eigenvalue weighted by Gasteiger charge is -2.27. The van der Waals surface area contributed by atoms with Crippen LogP contribution in [0, 0.1) is 0 Å². The van der Waals surface area contributed by atoms with Gasteiger partial charge >= 0.3 is 0 Å². The van der Waals surface area contributed by atoms with E-state index < -0.39 is 0 Å². The topological polar surface area (TPSA) is 21.3 Å². The molecular formula is C14H21NO. The molecule has 2 nitrogen and oxygen atoms in total. The first-order valence-corrected chi connectivity index (χ1v) is 6.11.